The lowest BCUT2D eigenvalue weighted by molar-refractivity contribution is 0.296. The van der Waals surface area contributed by atoms with E-state index in [1.54, 1.807) is 17.8 Å². The monoisotopic (exact) mass is 182 g/mol. The van der Waals surface area contributed by atoms with Gasteiger partial charge in [0.25, 0.3) is 0 Å². The summed E-state index contributed by atoms with van der Waals surface area (Å²) < 4.78 is 0. The molecule has 2 nitrogen and oxygen atoms in total. The van der Waals surface area contributed by atoms with Crippen molar-refractivity contribution in [2.24, 2.45) is 0 Å². The highest BCUT2D eigenvalue weighted by Crippen LogP contribution is 2.24. The van der Waals surface area contributed by atoms with Crippen LogP contribution < -0.4 is 5.73 Å². The minimum Gasteiger partial charge on any atom is -0.398 e. The number of aliphatic hydroxyl groups excluding tert-OH is 1. The molecular formula is C9H12NOS. The molecule has 0 aliphatic rings. The molecule has 0 aliphatic carbocycles. The first-order valence-electron chi connectivity index (χ1n) is 3.84. The number of hydrogen-bond donors (Lipinski definition) is 2. The van der Waals surface area contributed by atoms with E-state index >= 15 is 0 Å². The molecule has 0 fully saturated rings. The summed E-state index contributed by atoms with van der Waals surface area (Å²) in [5.74, 6) is 0.901. The van der Waals surface area contributed by atoms with Crippen molar-refractivity contribution in [1.82, 2.24) is 0 Å². The lowest BCUT2D eigenvalue weighted by Crippen LogP contribution is -1.90. The van der Waals surface area contributed by atoms with Crippen LogP contribution in [0.5, 0.6) is 0 Å². The third-order valence-electron chi connectivity index (χ3n) is 1.42. The fourth-order valence-electron chi connectivity index (χ4n) is 0.799. The van der Waals surface area contributed by atoms with Crippen LogP contribution in [0.2, 0.25) is 0 Å². The topological polar surface area (TPSA) is 46.2 Å². The van der Waals surface area contributed by atoms with Crippen LogP contribution in [0.25, 0.3) is 0 Å². The fraction of sp³-hybridized carbons (Fsp3) is 0.333. The van der Waals surface area contributed by atoms with Gasteiger partial charge in [0.15, 0.2) is 0 Å². The van der Waals surface area contributed by atoms with Crippen molar-refractivity contribution in [3.63, 3.8) is 0 Å². The van der Waals surface area contributed by atoms with Gasteiger partial charge >= 0.3 is 0 Å². The van der Waals surface area contributed by atoms with Crippen LogP contribution >= 0.6 is 11.8 Å². The van der Waals surface area contributed by atoms with Crippen LogP contribution in [-0.4, -0.2) is 17.5 Å². The summed E-state index contributed by atoms with van der Waals surface area (Å²) in [6.45, 7) is 0.240. The SMILES string of the molecule is Nc1cc[c]cc1SCCCO. The zero-order valence-corrected chi connectivity index (χ0v) is 7.60. The van der Waals surface area contributed by atoms with E-state index < -0.39 is 0 Å². The Morgan fingerprint density at radius 1 is 1.58 bits per heavy atom. The van der Waals surface area contributed by atoms with Gasteiger partial charge < -0.3 is 10.8 Å². The average molecular weight is 182 g/mol. The van der Waals surface area contributed by atoms with Gasteiger partial charge in [0, 0.05) is 22.9 Å². The maximum atomic E-state index is 8.56. The maximum absolute atomic E-state index is 8.56. The van der Waals surface area contributed by atoms with E-state index in [2.05, 4.69) is 6.07 Å². The Morgan fingerprint density at radius 3 is 3.08 bits per heavy atom. The minimum absolute atomic E-state index is 0.240. The van der Waals surface area contributed by atoms with Crippen LogP contribution in [0.1, 0.15) is 6.42 Å². The lowest BCUT2D eigenvalue weighted by Gasteiger charge is -2.02. The van der Waals surface area contributed by atoms with Gasteiger partial charge in [-0.2, -0.15) is 0 Å². The first-order valence-corrected chi connectivity index (χ1v) is 4.82. The van der Waals surface area contributed by atoms with E-state index in [4.69, 9.17) is 10.8 Å². The van der Waals surface area contributed by atoms with Crippen LogP contribution in [0.15, 0.2) is 23.1 Å². The number of rotatable bonds is 4. The highest BCUT2D eigenvalue weighted by Gasteiger charge is 1.96. The molecular weight excluding hydrogens is 170 g/mol. The molecule has 1 aromatic rings. The summed E-state index contributed by atoms with van der Waals surface area (Å²) >= 11 is 1.66. The summed E-state index contributed by atoms with van der Waals surface area (Å²) in [4.78, 5) is 1.05. The number of thioether (sulfide) groups is 1. The van der Waals surface area contributed by atoms with E-state index in [0.717, 1.165) is 22.8 Å². The van der Waals surface area contributed by atoms with Crippen molar-refractivity contribution in [3.8, 4) is 0 Å². The first kappa shape index (κ1) is 9.42. The Kier molecular flexibility index (Phi) is 3.97. The van der Waals surface area contributed by atoms with Gasteiger partial charge in [0.1, 0.15) is 0 Å². The number of nitrogens with two attached hydrogens (primary N) is 1. The molecule has 3 N–H and O–H groups in total. The van der Waals surface area contributed by atoms with E-state index in [0.29, 0.717) is 0 Å². The molecule has 0 aromatic heterocycles. The largest absolute Gasteiger partial charge is 0.398 e. The van der Waals surface area contributed by atoms with Crippen molar-refractivity contribution in [1.29, 1.82) is 0 Å². The van der Waals surface area contributed by atoms with Gasteiger partial charge in [-0.05, 0) is 24.6 Å². The van der Waals surface area contributed by atoms with Crippen LogP contribution in [0.3, 0.4) is 0 Å². The molecule has 0 aliphatic heterocycles. The van der Waals surface area contributed by atoms with Gasteiger partial charge in [-0.3, -0.25) is 0 Å². The van der Waals surface area contributed by atoms with E-state index in [1.807, 2.05) is 12.1 Å². The zero-order chi connectivity index (χ0) is 8.81. The smallest absolute Gasteiger partial charge is 0.0452 e. The minimum atomic E-state index is 0.240. The third-order valence-corrected chi connectivity index (χ3v) is 2.58. The summed E-state index contributed by atoms with van der Waals surface area (Å²) in [5.41, 5.74) is 6.49. The maximum Gasteiger partial charge on any atom is 0.0452 e. The van der Waals surface area contributed by atoms with Gasteiger partial charge in [-0.1, -0.05) is 6.07 Å². The molecule has 0 bridgehead atoms. The second-order valence-corrected chi connectivity index (χ2v) is 3.53. The van der Waals surface area contributed by atoms with Crippen LogP contribution in [-0.2, 0) is 0 Å². The molecule has 0 amide bonds. The molecule has 1 radical (unpaired) electrons. The zero-order valence-electron chi connectivity index (χ0n) is 6.79. The van der Waals surface area contributed by atoms with Crippen molar-refractivity contribution in [2.45, 2.75) is 11.3 Å². The Labute approximate surface area is 76.8 Å². The summed E-state index contributed by atoms with van der Waals surface area (Å²) in [5, 5.41) is 8.56. The number of hydrogen-bond acceptors (Lipinski definition) is 3. The molecule has 3 heteroatoms. The second kappa shape index (κ2) is 5.06. The Bertz CT molecular complexity index is 240. The molecule has 0 atom stereocenters. The Hall–Kier alpha value is -0.670. The third kappa shape index (κ3) is 2.75. The van der Waals surface area contributed by atoms with Crippen molar-refractivity contribution in [2.75, 3.05) is 18.1 Å². The molecule has 1 rings (SSSR count). The van der Waals surface area contributed by atoms with Gasteiger partial charge in [0.2, 0.25) is 0 Å². The number of nitrogen functional groups attached to an aromatic ring is 1. The molecule has 65 valence electrons. The summed E-state index contributed by atoms with van der Waals surface area (Å²) in [6.07, 6.45) is 0.805. The molecule has 12 heavy (non-hydrogen) atoms. The number of benzene rings is 1. The van der Waals surface area contributed by atoms with Gasteiger partial charge in [-0.25, -0.2) is 0 Å². The second-order valence-electron chi connectivity index (χ2n) is 2.39. The highest BCUT2D eigenvalue weighted by atomic mass is 32.2. The Balaban J connectivity index is 2.46. The molecule has 0 spiro atoms. The van der Waals surface area contributed by atoms with E-state index in [1.165, 1.54) is 0 Å². The van der Waals surface area contributed by atoms with Gasteiger partial charge in [-0.15, -0.1) is 11.8 Å². The predicted molar refractivity (Wildman–Crippen MR) is 52.1 cm³/mol. The normalized spacial score (nSPS) is 10.1. The standard InChI is InChI=1S/C9H12NOS/c10-8-4-1-2-5-9(8)12-7-3-6-11/h1,4-5,11H,3,6-7,10H2. The van der Waals surface area contributed by atoms with Crippen LogP contribution in [0, 0.1) is 6.07 Å². The number of aliphatic hydroxyl groups is 1. The highest BCUT2D eigenvalue weighted by molar-refractivity contribution is 7.99. The van der Waals surface area contributed by atoms with E-state index in [-0.39, 0.29) is 6.61 Å². The lowest BCUT2D eigenvalue weighted by atomic mass is 10.3. The van der Waals surface area contributed by atoms with Crippen molar-refractivity contribution in [3.05, 3.63) is 24.3 Å². The average Bonchev–Trinajstić information content (AvgIpc) is 2.09. The van der Waals surface area contributed by atoms with Crippen LogP contribution in [0.4, 0.5) is 5.69 Å². The van der Waals surface area contributed by atoms with Crippen molar-refractivity contribution < 1.29 is 5.11 Å². The molecule has 0 saturated carbocycles. The summed E-state index contributed by atoms with van der Waals surface area (Å²) in [6, 6.07) is 8.47. The van der Waals surface area contributed by atoms with Crippen molar-refractivity contribution >= 4 is 17.4 Å². The predicted octanol–water partition coefficient (Wildman–Crippen LogP) is 1.54. The van der Waals surface area contributed by atoms with Gasteiger partial charge in [0.05, 0.1) is 0 Å². The fourth-order valence-corrected chi connectivity index (χ4v) is 1.68. The molecule has 0 saturated heterocycles. The molecule has 0 unspecified atom stereocenters. The van der Waals surface area contributed by atoms with E-state index in [9.17, 15) is 0 Å². The molecule has 0 heterocycles. The number of anilines is 1. The quantitative estimate of drug-likeness (QED) is 0.422. The molecule has 1 aromatic carbocycles. The summed E-state index contributed by atoms with van der Waals surface area (Å²) in [7, 11) is 0. The first-order chi connectivity index (χ1) is 5.84. The Morgan fingerprint density at radius 2 is 2.42 bits per heavy atom.